The molecule has 0 saturated carbocycles. The molecule has 1 aliphatic heterocycles. The lowest BCUT2D eigenvalue weighted by atomic mass is 10.1. The highest BCUT2D eigenvalue weighted by Crippen LogP contribution is 2.36. The van der Waals surface area contributed by atoms with Crippen LogP contribution >= 0.6 is 0 Å². The highest BCUT2D eigenvalue weighted by atomic mass is 19.1. The van der Waals surface area contributed by atoms with Gasteiger partial charge in [0.15, 0.2) is 0 Å². The van der Waals surface area contributed by atoms with Gasteiger partial charge in [-0.2, -0.15) is 0 Å². The second-order valence-electron chi connectivity index (χ2n) is 4.42. The molecule has 1 fully saturated rings. The van der Waals surface area contributed by atoms with Crippen molar-refractivity contribution in [2.75, 3.05) is 6.54 Å². The third-order valence-corrected chi connectivity index (χ3v) is 3.27. The maximum atomic E-state index is 13.1. The second kappa shape index (κ2) is 3.29. The highest BCUT2D eigenvalue weighted by molar-refractivity contribution is 5.37. The van der Waals surface area contributed by atoms with Gasteiger partial charge < -0.3 is 10.1 Å². The number of ether oxygens (including phenoxy) is 1. The number of fused-ring (bicyclic) bond motifs is 3. The van der Waals surface area contributed by atoms with Crippen molar-refractivity contribution in [2.45, 2.75) is 31.6 Å². The molecule has 0 amide bonds. The maximum absolute atomic E-state index is 13.1. The van der Waals surface area contributed by atoms with Crippen LogP contribution in [0.3, 0.4) is 0 Å². The number of hydrogen-bond acceptors (Lipinski definition) is 2. The van der Waals surface area contributed by atoms with E-state index in [4.69, 9.17) is 4.74 Å². The summed E-state index contributed by atoms with van der Waals surface area (Å²) in [6, 6.07) is 5.22. The van der Waals surface area contributed by atoms with Crippen LogP contribution in [0.2, 0.25) is 0 Å². The Morgan fingerprint density at radius 2 is 2.33 bits per heavy atom. The SMILES string of the molecule is CC1CN[C@H]2c3cc(F)ccc3C[C@H]2O1. The van der Waals surface area contributed by atoms with Gasteiger partial charge in [-0.3, -0.25) is 0 Å². The lowest BCUT2D eigenvalue weighted by molar-refractivity contribution is -0.0469. The fraction of sp³-hybridized carbons (Fsp3) is 0.500. The van der Waals surface area contributed by atoms with Gasteiger partial charge in [-0.05, 0) is 30.2 Å². The molecular weight excluding hydrogens is 193 g/mol. The molecule has 0 aromatic heterocycles. The normalized spacial score (nSPS) is 33.6. The molecule has 80 valence electrons. The Kier molecular flexibility index (Phi) is 2.04. The van der Waals surface area contributed by atoms with Gasteiger partial charge in [0.2, 0.25) is 0 Å². The van der Waals surface area contributed by atoms with Crippen molar-refractivity contribution in [3.05, 3.63) is 35.1 Å². The average molecular weight is 207 g/mol. The van der Waals surface area contributed by atoms with Crippen LogP contribution in [0.5, 0.6) is 0 Å². The van der Waals surface area contributed by atoms with E-state index < -0.39 is 0 Å². The Morgan fingerprint density at radius 3 is 3.20 bits per heavy atom. The molecule has 0 bridgehead atoms. The fourth-order valence-corrected chi connectivity index (χ4v) is 2.58. The molecular formula is C12H14FNO. The van der Waals surface area contributed by atoms with Crippen LogP contribution in [0.15, 0.2) is 18.2 Å². The quantitative estimate of drug-likeness (QED) is 0.700. The Labute approximate surface area is 88.4 Å². The van der Waals surface area contributed by atoms with E-state index in [1.807, 2.05) is 6.07 Å². The standard InChI is InChI=1S/C12H14FNO/c1-7-6-14-12-10-5-9(13)3-2-8(10)4-11(12)15-7/h2-3,5,7,11-12,14H,4,6H2,1H3/t7?,11-,12+/m1/s1. The molecule has 1 aliphatic carbocycles. The molecule has 1 heterocycles. The zero-order chi connectivity index (χ0) is 10.4. The van der Waals surface area contributed by atoms with E-state index in [9.17, 15) is 4.39 Å². The third kappa shape index (κ3) is 1.46. The predicted octanol–water partition coefficient (Wildman–Crippen LogP) is 1.80. The summed E-state index contributed by atoms with van der Waals surface area (Å²) in [5, 5.41) is 3.42. The molecule has 1 saturated heterocycles. The monoisotopic (exact) mass is 207 g/mol. The molecule has 0 spiro atoms. The topological polar surface area (TPSA) is 21.3 Å². The summed E-state index contributed by atoms with van der Waals surface area (Å²) in [5.41, 5.74) is 2.29. The third-order valence-electron chi connectivity index (χ3n) is 3.27. The molecule has 0 radical (unpaired) electrons. The van der Waals surface area contributed by atoms with Gasteiger partial charge in [0.1, 0.15) is 5.82 Å². The van der Waals surface area contributed by atoms with Crippen LogP contribution in [-0.4, -0.2) is 18.8 Å². The van der Waals surface area contributed by atoms with E-state index in [2.05, 4.69) is 12.2 Å². The molecule has 3 heteroatoms. The van der Waals surface area contributed by atoms with E-state index in [0.29, 0.717) is 0 Å². The Morgan fingerprint density at radius 1 is 1.47 bits per heavy atom. The lowest BCUT2D eigenvalue weighted by Crippen LogP contribution is -2.44. The first kappa shape index (κ1) is 9.31. The highest BCUT2D eigenvalue weighted by Gasteiger charge is 2.37. The minimum atomic E-state index is -0.158. The van der Waals surface area contributed by atoms with Crippen LogP contribution in [0.25, 0.3) is 0 Å². The zero-order valence-electron chi connectivity index (χ0n) is 8.66. The van der Waals surface area contributed by atoms with Gasteiger partial charge in [-0.25, -0.2) is 4.39 Å². The van der Waals surface area contributed by atoms with Crippen molar-refractivity contribution in [2.24, 2.45) is 0 Å². The first-order valence-corrected chi connectivity index (χ1v) is 5.41. The zero-order valence-corrected chi connectivity index (χ0v) is 8.66. The van der Waals surface area contributed by atoms with E-state index in [-0.39, 0.29) is 24.1 Å². The number of hydrogen-bond donors (Lipinski definition) is 1. The van der Waals surface area contributed by atoms with E-state index in [1.165, 1.54) is 11.6 Å². The molecule has 3 atom stereocenters. The summed E-state index contributed by atoms with van der Waals surface area (Å²) in [5.74, 6) is -0.158. The molecule has 1 aromatic rings. The molecule has 3 rings (SSSR count). The lowest BCUT2D eigenvalue weighted by Gasteiger charge is -2.32. The first-order chi connectivity index (χ1) is 7.24. The summed E-state index contributed by atoms with van der Waals surface area (Å²) in [6.45, 7) is 2.91. The molecule has 1 unspecified atom stereocenters. The van der Waals surface area contributed by atoms with Crippen molar-refractivity contribution in [3.8, 4) is 0 Å². The number of benzene rings is 1. The summed E-state index contributed by atoms with van der Waals surface area (Å²) >= 11 is 0. The number of morpholine rings is 1. The van der Waals surface area contributed by atoms with E-state index in [1.54, 1.807) is 6.07 Å². The molecule has 1 N–H and O–H groups in total. The van der Waals surface area contributed by atoms with Gasteiger partial charge >= 0.3 is 0 Å². The first-order valence-electron chi connectivity index (χ1n) is 5.41. The number of nitrogens with one attached hydrogen (secondary N) is 1. The van der Waals surface area contributed by atoms with Crippen LogP contribution < -0.4 is 5.32 Å². The van der Waals surface area contributed by atoms with E-state index >= 15 is 0 Å². The van der Waals surface area contributed by atoms with Gasteiger partial charge in [0.25, 0.3) is 0 Å². The van der Waals surface area contributed by atoms with Crippen molar-refractivity contribution in [1.29, 1.82) is 0 Å². The number of rotatable bonds is 0. The summed E-state index contributed by atoms with van der Waals surface area (Å²) < 4.78 is 19.0. The average Bonchev–Trinajstić information content (AvgIpc) is 2.54. The van der Waals surface area contributed by atoms with Crippen molar-refractivity contribution < 1.29 is 9.13 Å². The molecule has 2 nitrogen and oxygen atoms in total. The Bertz CT molecular complexity index is 393. The molecule has 2 aliphatic rings. The summed E-state index contributed by atoms with van der Waals surface area (Å²) in [7, 11) is 0. The summed E-state index contributed by atoms with van der Waals surface area (Å²) in [6.07, 6.45) is 1.34. The van der Waals surface area contributed by atoms with Gasteiger partial charge in [0, 0.05) is 13.0 Å². The molecule has 15 heavy (non-hydrogen) atoms. The van der Waals surface area contributed by atoms with Gasteiger partial charge in [-0.15, -0.1) is 0 Å². The Balaban J connectivity index is 1.96. The largest absolute Gasteiger partial charge is 0.372 e. The minimum absolute atomic E-state index is 0.158. The van der Waals surface area contributed by atoms with E-state index in [0.717, 1.165) is 18.5 Å². The predicted molar refractivity (Wildman–Crippen MR) is 55.2 cm³/mol. The smallest absolute Gasteiger partial charge is 0.123 e. The fourth-order valence-electron chi connectivity index (χ4n) is 2.58. The van der Waals surface area contributed by atoms with Crippen molar-refractivity contribution in [3.63, 3.8) is 0 Å². The van der Waals surface area contributed by atoms with Crippen LogP contribution in [0.4, 0.5) is 4.39 Å². The Hall–Kier alpha value is -0.930. The maximum Gasteiger partial charge on any atom is 0.123 e. The van der Waals surface area contributed by atoms with Crippen molar-refractivity contribution in [1.82, 2.24) is 5.32 Å². The van der Waals surface area contributed by atoms with Crippen LogP contribution in [0.1, 0.15) is 24.1 Å². The van der Waals surface area contributed by atoms with Crippen LogP contribution in [0, 0.1) is 5.82 Å². The van der Waals surface area contributed by atoms with Crippen molar-refractivity contribution >= 4 is 0 Å². The minimum Gasteiger partial charge on any atom is -0.372 e. The number of halogens is 1. The van der Waals surface area contributed by atoms with Gasteiger partial charge in [-0.1, -0.05) is 6.07 Å². The van der Waals surface area contributed by atoms with Crippen LogP contribution in [-0.2, 0) is 11.2 Å². The summed E-state index contributed by atoms with van der Waals surface area (Å²) in [4.78, 5) is 0. The second-order valence-corrected chi connectivity index (χ2v) is 4.42. The van der Waals surface area contributed by atoms with Gasteiger partial charge in [0.05, 0.1) is 18.2 Å². The molecule has 1 aromatic carbocycles.